The number of nitrogens with two attached hydrogens (primary N) is 1. The van der Waals surface area contributed by atoms with Gasteiger partial charge in [0.1, 0.15) is 18.1 Å². The van der Waals surface area contributed by atoms with Crippen LogP contribution in [0.5, 0.6) is 11.5 Å². The molecule has 3 heteroatoms. The van der Waals surface area contributed by atoms with E-state index in [1.165, 1.54) is 0 Å². The maximum Gasteiger partial charge on any atom is 0.120 e. The van der Waals surface area contributed by atoms with Crippen LogP contribution >= 0.6 is 0 Å². The van der Waals surface area contributed by atoms with Crippen LogP contribution in [0.15, 0.2) is 48.5 Å². The van der Waals surface area contributed by atoms with Crippen LogP contribution in [-0.2, 0) is 13.2 Å². The first-order chi connectivity index (χ1) is 9.33. The third-order valence-corrected chi connectivity index (χ3v) is 2.87. The summed E-state index contributed by atoms with van der Waals surface area (Å²) in [7, 11) is 0. The summed E-state index contributed by atoms with van der Waals surface area (Å²) in [6.07, 6.45) is 0. The number of ether oxygens (including phenoxy) is 2. The maximum atomic E-state index is 5.76. The molecule has 0 amide bonds. The molecule has 0 aliphatic carbocycles. The van der Waals surface area contributed by atoms with Gasteiger partial charge in [-0.1, -0.05) is 24.3 Å². The predicted octanol–water partition coefficient (Wildman–Crippen LogP) is 3.12. The Morgan fingerprint density at radius 1 is 0.842 bits per heavy atom. The molecule has 2 N–H and O–H groups in total. The molecule has 2 rings (SSSR count). The Kier molecular flexibility index (Phi) is 4.81. The second-order valence-corrected chi connectivity index (χ2v) is 4.17. The van der Waals surface area contributed by atoms with Gasteiger partial charge in [-0.25, -0.2) is 0 Å². The molecule has 0 saturated heterocycles. The Morgan fingerprint density at radius 3 is 2.00 bits per heavy atom. The summed E-state index contributed by atoms with van der Waals surface area (Å²) in [4.78, 5) is 0. The normalized spacial score (nSPS) is 10.2. The van der Waals surface area contributed by atoms with Gasteiger partial charge in [0.2, 0.25) is 0 Å². The van der Waals surface area contributed by atoms with Crippen LogP contribution in [0, 0.1) is 0 Å². The topological polar surface area (TPSA) is 44.5 Å². The highest BCUT2D eigenvalue weighted by molar-refractivity contribution is 5.32. The predicted molar refractivity (Wildman–Crippen MR) is 76.3 cm³/mol. The van der Waals surface area contributed by atoms with E-state index in [9.17, 15) is 0 Å². The van der Waals surface area contributed by atoms with E-state index in [2.05, 4.69) is 0 Å². The molecular weight excluding hydrogens is 238 g/mol. The molecule has 0 aromatic heterocycles. The molecule has 0 aliphatic heterocycles. The van der Waals surface area contributed by atoms with Gasteiger partial charge in [0.25, 0.3) is 0 Å². The summed E-state index contributed by atoms with van der Waals surface area (Å²) in [5.41, 5.74) is 7.94. The molecule has 0 radical (unpaired) electrons. The lowest BCUT2D eigenvalue weighted by atomic mass is 10.1. The molecule has 0 spiro atoms. The van der Waals surface area contributed by atoms with Crippen LogP contribution < -0.4 is 15.2 Å². The van der Waals surface area contributed by atoms with Gasteiger partial charge in [0.15, 0.2) is 0 Å². The first-order valence-corrected chi connectivity index (χ1v) is 6.46. The fraction of sp³-hybridized carbons (Fsp3) is 0.250. The Hall–Kier alpha value is -2.00. The molecule has 19 heavy (non-hydrogen) atoms. The number of rotatable bonds is 6. The molecular formula is C16H19NO2. The lowest BCUT2D eigenvalue weighted by Crippen LogP contribution is -2.04. The van der Waals surface area contributed by atoms with Crippen molar-refractivity contribution in [1.29, 1.82) is 0 Å². The molecule has 100 valence electrons. The molecule has 0 saturated carbocycles. The monoisotopic (exact) mass is 257 g/mol. The lowest BCUT2D eigenvalue weighted by molar-refractivity contribution is 0.303. The quantitative estimate of drug-likeness (QED) is 0.864. The third-order valence-electron chi connectivity index (χ3n) is 2.87. The van der Waals surface area contributed by atoms with Crippen molar-refractivity contribution in [1.82, 2.24) is 0 Å². The molecule has 2 aromatic rings. The third kappa shape index (κ3) is 3.73. The summed E-state index contributed by atoms with van der Waals surface area (Å²) in [5.74, 6) is 1.69. The fourth-order valence-electron chi connectivity index (χ4n) is 1.86. The average molecular weight is 257 g/mol. The first kappa shape index (κ1) is 13.4. The zero-order valence-electron chi connectivity index (χ0n) is 11.1. The van der Waals surface area contributed by atoms with Gasteiger partial charge < -0.3 is 15.2 Å². The Bertz CT molecular complexity index is 508. The van der Waals surface area contributed by atoms with Crippen molar-refractivity contribution in [2.24, 2.45) is 5.73 Å². The average Bonchev–Trinajstić information content (AvgIpc) is 2.47. The van der Waals surface area contributed by atoms with Crippen molar-refractivity contribution >= 4 is 0 Å². The summed E-state index contributed by atoms with van der Waals surface area (Å²) < 4.78 is 11.1. The summed E-state index contributed by atoms with van der Waals surface area (Å²) in [6.45, 7) is 3.70. The summed E-state index contributed by atoms with van der Waals surface area (Å²) in [6, 6.07) is 15.7. The van der Waals surface area contributed by atoms with Crippen molar-refractivity contribution in [2.75, 3.05) is 6.61 Å². The minimum absolute atomic E-state index is 0.529. The van der Waals surface area contributed by atoms with E-state index in [4.69, 9.17) is 15.2 Å². The Morgan fingerprint density at radius 2 is 1.42 bits per heavy atom. The van der Waals surface area contributed by atoms with Crippen LogP contribution in [0.3, 0.4) is 0 Å². The zero-order chi connectivity index (χ0) is 13.5. The number of hydrogen-bond acceptors (Lipinski definition) is 3. The first-order valence-electron chi connectivity index (χ1n) is 6.46. The smallest absolute Gasteiger partial charge is 0.120 e. The van der Waals surface area contributed by atoms with Gasteiger partial charge in [-0.05, 0) is 42.3 Å². The number of hydrogen-bond donors (Lipinski definition) is 1. The molecule has 0 heterocycles. The molecule has 0 bridgehead atoms. The minimum atomic E-state index is 0.529. The van der Waals surface area contributed by atoms with E-state index < -0.39 is 0 Å². The molecule has 0 fully saturated rings. The molecule has 0 aliphatic rings. The largest absolute Gasteiger partial charge is 0.494 e. The SMILES string of the molecule is CCOc1ccc(OCc2ccccc2CN)cc1. The van der Waals surface area contributed by atoms with Gasteiger partial charge in [-0.15, -0.1) is 0 Å². The summed E-state index contributed by atoms with van der Waals surface area (Å²) in [5, 5.41) is 0. The van der Waals surface area contributed by atoms with E-state index in [-0.39, 0.29) is 0 Å². The second-order valence-electron chi connectivity index (χ2n) is 4.17. The van der Waals surface area contributed by atoms with Gasteiger partial charge in [-0.2, -0.15) is 0 Å². The van der Waals surface area contributed by atoms with E-state index in [1.54, 1.807) is 0 Å². The molecule has 3 nitrogen and oxygen atoms in total. The highest BCUT2D eigenvalue weighted by Crippen LogP contribution is 2.19. The van der Waals surface area contributed by atoms with Gasteiger partial charge in [-0.3, -0.25) is 0 Å². The van der Waals surface area contributed by atoms with E-state index >= 15 is 0 Å². The highest BCUT2D eigenvalue weighted by atomic mass is 16.5. The highest BCUT2D eigenvalue weighted by Gasteiger charge is 2.01. The van der Waals surface area contributed by atoms with E-state index in [1.807, 2.05) is 55.5 Å². The zero-order valence-corrected chi connectivity index (χ0v) is 11.1. The van der Waals surface area contributed by atoms with Crippen LogP contribution in [-0.4, -0.2) is 6.61 Å². The van der Waals surface area contributed by atoms with Gasteiger partial charge >= 0.3 is 0 Å². The maximum absolute atomic E-state index is 5.76. The molecule has 0 unspecified atom stereocenters. The van der Waals surface area contributed by atoms with Crippen molar-refractivity contribution in [3.05, 3.63) is 59.7 Å². The standard InChI is InChI=1S/C16H19NO2/c1-2-18-15-7-9-16(10-8-15)19-12-14-6-4-3-5-13(14)11-17/h3-10H,2,11-12,17H2,1H3. The van der Waals surface area contributed by atoms with Crippen LogP contribution in [0.2, 0.25) is 0 Å². The van der Waals surface area contributed by atoms with E-state index in [0.29, 0.717) is 19.8 Å². The number of benzene rings is 2. The van der Waals surface area contributed by atoms with Gasteiger partial charge in [0, 0.05) is 6.54 Å². The summed E-state index contributed by atoms with van der Waals surface area (Å²) >= 11 is 0. The second kappa shape index (κ2) is 6.81. The van der Waals surface area contributed by atoms with Crippen molar-refractivity contribution < 1.29 is 9.47 Å². The fourth-order valence-corrected chi connectivity index (χ4v) is 1.86. The lowest BCUT2D eigenvalue weighted by Gasteiger charge is -2.10. The Labute approximate surface area is 114 Å². The van der Waals surface area contributed by atoms with Crippen molar-refractivity contribution in [3.8, 4) is 11.5 Å². The van der Waals surface area contributed by atoms with Gasteiger partial charge in [0.05, 0.1) is 6.61 Å². The minimum Gasteiger partial charge on any atom is -0.494 e. The van der Waals surface area contributed by atoms with E-state index in [0.717, 1.165) is 22.6 Å². The van der Waals surface area contributed by atoms with Crippen molar-refractivity contribution in [2.45, 2.75) is 20.1 Å². The van der Waals surface area contributed by atoms with Crippen molar-refractivity contribution in [3.63, 3.8) is 0 Å². The van der Waals surface area contributed by atoms with Crippen LogP contribution in [0.25, 0.3) is 0 Å². The molecule has 0 atom stereocenters. The van der Waals surface area contributed by atoms with Crippen LogP contribution in [0.4, 0.5) is 0 Å². The Balaban J connectivity index is 1.98. The molecule has 2 aromatic carbocycles. The van der Waals surface area contributed by atoms with Crippen LogP contribution in [0.1, 0.15) is 18.1 Å².